The average Bonchev–Trinajstić information content (AvgIpc) is 3.56. The lowest BCUT2D eigenvalue weighted by atomic mass is 9.78. The Morgan fingerprint density at radius 3 is 2.39 bits per heavy atom. The third-order valence-electron chi connectivity index (χ3n) is 8.04. The molecule has 0 atom stereocenters. The number of rotatable bonds is 10. The maximum atomic E-state index is 13.9. The van der Waals surface area contributed by atoms with Gasteiger partial charge in [-0.15, -0.1) is 0 Å². The van der Waals surface area contributed by atoms with Crippen molar-refractivity contribution in [3.8, 4) is 11.4 Å². The number of carbonyl (C=O) groups is 1. The van der Waals surface area contributed by atoms with Gasteiger partial charge in [-0.3, -0.25) is 4.79 Å². The third kappa shape index (κ3) is 4.83. The number of nitroso groups, excluding NO2 is 1. The lowest BCUT2D eigenvalue weighted by Crippen LogP contribution is -2.39. The predicted molar refractivity (Wildman–Crippen MR) is 146 cm³/mol. The highest BCUT2D eigenvalue weighted by Gasteiger charge is 2.37. The Hall–Kier alpha value is -3.56. The number of aromatic nitrogens is 2. The van der Waals surface area contributed by atoms with E-state index in [9.17, 15) is 14.8 Å². The van der Waals surface area contributed by atoms with Gasteiger partial charge in [0, 0.05) is 36.3 Å². The molecule has 0 unspecified atom stereocenters. The van der Waals surface area contributed by atoms with Gasteiger partial charge in [-0.2, -0.15) is 10.0 Å². The summed E-state index contributed by atoms with van der Waals surface area (Å²) in [7, 11) is 3.67. The molecular formula is C29H35N5O4. The molecule has 1 aliphatic carbocycles. The molecule has 1 aliphatic heterocycles. The molecule has 0 bridgehead atoms. The number of hydrogen-bond acceptors (Lipinski definition) is 7. The number of anilines is 1. The molecule has 1 saturated carbocycles. The highest BCUT2D eigenvalue weighted by Crippen LogP contribution is 2.42. The third-order valence-corrected chi connectivity index (χ3v) is 8.04. The molecule has 2 aromatic carbocycles. The fourth-order valence-corrected chi connectivity index (χ4v) is 6.13. The molecule has 1 amide bonds. The summed E-state index contributed by atoms with van der Waals surface area (Å²) in [6.07, 6.45) is 5.26. The average molecular weight is 518 g/mol. The van der Waals surface area contributed by atoms with Crippen LogP contribution in [0.25, 0.3) is 5.69 Å². The van der Waals surface area contributed by atoms with Gasteiger partial charge >= 0.3 is 0 Å². The topological polar surface area (TPSA) is 100 Å². The first-order valence-electron chi connectivity index (χ1n) is 13.3. The maximum Gasteiger partial charge on any atom is 0.277 e. The molecule has 9 heteroatoms. The van der Waals surface area contributed by atoms with E-state index < -0.39 is 0 Å². The van der Waals surface area contributed by atoms with E-state index in [0.717, 1.165) is 36.3 Å². The van der Waals surface area contributed by atoms with Gasteiger partial charge in [0.1, 0.15) is 18.0 Å². The van der Waals surface area contributed by atoms with Crippen LogP contribution in [0.1, 0.15) is 53.0 Å². The van der Waals surface area contributed by atoms with Crippen molar-refractivity contribution in [1.29, 1.82) is 0 Å². The predicted octanol–water partition coefficient (Wildman–Crippen LogP) is 4.09. The fraction of sp³-hybridized carbons (Fsp3) is 0.448. The van der Waals surface area contributed by atoms with Gasteiger partial charge in [0.2, 0.25) is 0 Å². The van der Waals surface area contributed by atoms with Gasteiger partial charge in [0.25, 0.3) is 5.91 Å². The minimum atomic E-state index is -0.141. The van der Waals surface area contributed by atoms with Crippen LogP contribution in [0.4, 0.5) is 5.69 Å². The van der Waals surface area contributed by atoms with Crippen LogP contribution in [0.2, 0.25) is 0 Å². The summed E-state index contributed by atoms with van der Waals surface area (Å²) in [5, 5.41) is 17.0. The molecular weight excluding hydrogens is 482 g/mol. The second-order valence-electron chi connectivity index (χ2n) is 10.4. The second kappa shape index (κ2) is 11.0. The Labute approximate surface area is 223 Å². The molecule has 200 valence electrons. The van der Waals surface area contributed by atoms with Crippen LogP contribution in [0.3, 0.4) is 0 Å². The van der Waals surface area contributed by atoms with Crippen molar-refractivity contribution in [2.75, 3.05) is 45.3 Å². The molecule has 2 heterocycles. The molecule has 38 heavy (non-hydrogen) atoms. The van der Waals surface area contributed by atoms with Gasteiger partial charge in [0.15, 0.2) is 0 Å². The standard InChI is InChI=1S/C29H35N5O4/c1-32(17-18-35)20-29(14-3-4-15-29)21-5-7-22(8-6-21)33-16-13-25-26(19-30-37)31-34(27(25)28(33)36)23-9-11-24(38-2)12-10-23/h5-12,35H,3-4,13-20H2,1-2H3. The van der Waals surface area contributed by atoms with Crippen molar-refractivity contribution in [3.05, 3.63) is 76.0 Å². The van der Waals surface area contributed by atoms with E-state index in [1.165, 1.54) is 18.4 Å². The highest BCUT2D eigenvalue weighted by atomic mass is 16.5. The van der Waals surface area contributed by atoms with E-state index >= 15 is 0 Å². The summed E-state index contributed by atoms with van der Waals surface area (Å²) in [6.45, 7) is 2.17. The van der Waals surface area contributed by atoms with E-state index in [0.29, 0.717) is 36.6 Å². The summed E-state index contributed by atoms with van der Waals surface area (Å²) in [5.41, 5.74) is 4.74. The largest absolute Gasteiger partial charge is 0.497 e. The van der Waals surface area contributed by atoms with Crippen molar-refractivity contribution in [3.63, 3.8) is 0 Å². The molecule has 1 aromatic heterocycles. The van der Waals surface area contributed by atoms with Crippen LogP contribution in [0.15, 0.2) is 53.7 Å². The Morgan fingerprint density at radius 2 is 1.76 bits per heavy atom. The van der Waals surface area contributed by atoms with Gasteiger partial charge in [-0.25, -0.2) is 4.68 Å². The van der Waals surface area contributed by atoms with Crippen LogP contribution < -0.4 is 9.64 Å². The number of amides is 1. The van der Waals surface area contributed by atoms with E-state index in [-0.39, 0.29) is 24.5 Å². The zero-order valence-corrected chi connectivity index (χ0v) is 22.1. The summed E-state index contributed by atoms with van der Waals surface area (Å²) in [5.74, 6) is 0.568. The minimum Gasteiger partial charge on any atom is -0.497 e. The summed E-state index contributed by atoms with van der Waals surface area (Å²) in [4.78, 5) is 29.0. The number of benzene rings is 2. The first-order chi connectivity index (χ1) is 18.5. The minimum absolute atomic E-state index is 0.0692. The number of nitrogens with zero attached hydrogens (tertiary/aromatic N) is 5. The van der Waals surface area contributed by atoms with Gasteiger partial charge < -0.3 is 19.6 Å². The number of aliphatic hydroxyl groups excluding tert-OH is 1. The first kappa shape index (κ1) is 26.1. The molecule has 2 aliphatic rings. The number of ether oxygens (including phenoxy) is 1. The van der Waals surface area contributed by atoms with Crippen LogP contribution >= 0.6 is 0 Å². The van der Waals surface area contributed by atoms with Crippen LogP contribution in [-0.2, 0) is 18.4 Å². The highest BCUT2D eigenvalue weighted by molar-refractivity contribution is 6.07. The molecule has 0 radical (unpaired) electrons. The number of hydrogen-bond donors (Lipinski definition) is 1. The molecule has 0 spiro atoms. The van der Waals surface area contributed by atoms with Crippen molar-refractivity contribution in [2.24, 2.45) is 5.18 Å². The summed E-state index contributed by atoms with van der Waals surface area (Å²) >= 11 is 0. The molecule has 9 nitrogen and oxygen atoms in total. The van der Waals surface area contributed by atoms with Crippen LogP contribution in [0, 0.1) is 4.91 Å². The molecule has 1 fully saturated rings. The normalized spacial score (nSPS) is 16.6. The lowest BCUT2D eigenvalue weighted by molar-refractivity contribution is 0.0973. The second-order valence-corrected chi connectivity index (χ2v) is 10.4. The first-order valence-corrected chi connectivity index (χ1v) is 13.3. The Balaban J connectivity index is 1.45. The smallest absolute Gasteiger partial charge is 0.277 e. The molecule has 0 saturated heterocycles. The van der Waals surface area contributed by atoms with Gasteiger partial charge in [-0.05, 0) is 68.3 Å². The SMILES string of the molecule is COc1ccc(-n2nc(CN=O)c3c2C(=O)N(c2ccc(C4(CN(C)CCO)CCCC4)cc2)CC3)cc1. The Kier molecular flexibility index (Phi) is 7.58. The van der Waals surface area contributed by atoms with Crippen molar-refractivity contribution >= 4 is 11.6 Å². The van der Waals surface area contributed by atoms with E-state index in [1.807, 2.05) is 36.4 Å². The quantitative estimate of drug-likeness (QED) is 0.407. The lowest BCUT2D eigenvalue weighted by Gasteiger charge is -2.35. The number of carbonyl (C=O) groups excluding carboxylic acids is 1. The van der Waals surface area contributed by atoms with Gasteiger partial charge in [-0.1, -0.05) is 30.2 Å². The summed E-state index contributed by atoms with van der Waals surface area (Å²) in [6, 6.07) is 15.8. The van der Waals surface area contributed by atoms with Crippen LogP contribution in [-0.4, -0.2) is 66.1 Å². The Bertz CT molecular complexity index is 1280. The monoisotopic (exact) mass is 517 g/mol. The van der Waals surface area contributed by atoms with E-state index in [2.05, 4.69) is 34.4 Å². The van der Waals surface area contributed by atoms with E-state index in [1.54, 1.807) is 16.7 Å². The fourth-order valence-electron chi connectivity index (χ4n) is 6.13. The molecule has 1 N–H and O–H groups in total. The number of aliphatic hydroxyl groups is 1. The van der Waals surface area contributed by atoms with Crippen molar-refractivity contribution < 1.29 is 14.6 Å². The number of fused-ring (bicyclic) bond motifs is 1. The van der Waals surface area contributed by atoms with Crippen molar-refractivity contribution in [1.82, 2.24) is 14.7 Å². The van der Waals surface area contributed by atoms with Crippen molar-refractivity contribution in [2.45, 2.75) is 44.1 Å². The van der Waals surface area contributed by atoms with E-state index in [4.69, 9.17) is 4.74 Å². The maximum absolute atomic E-state index is 13.9. The number of likely N-dealkylation sites (N-methyl/N-ethyl adjacent to an activating group) is 1. The number of methoxy groups -OCH3 is 1. The summed E-state index contributed by atoms with van der Waals surface area (Å²) < 4.78 is 6.90. The molecule has 3 aromatic rings. The van der Waals surface area contributed by atoms with Crippen LogP contribution in [0.5, 0.6) is 5.75 Å². The zero-order valence-electron chi connectivity index (χ0n) is 22.1. The Morgan fingerprint density at radius 1 is 1.08 bits per heavy atom. The van der Waals surface area contributed by atoms with Gasteiger partial charge in [0.05, 0.1) is 25.1 Å². The zero-order chi connectivity index (χ0) is 26.7. The molecule has 5 rings (SSSR count).